The molecule has 3 heteroatoms. The van der Waals surface area contributed by atoms with E-state index >= 15 is 0 Å². The summed E-state index contributed by atoms with van der Waals surface area (Å²) in [7, 11) is 0. The van der Waals surface area contributed by atoms with Crippen LogP contribution in [0.5, 0.6) is 0 Å². The number of carbonyl (C=O) groups is 1. The minimum atomic E-state index is -0.799. The van der Waals surface area contributed by atoms with Crippen LogP contribution in [0.3, 0.4) is 0 Å². The second-order valence-electron chi connectivity index (χ2n) is 3.24. The summed E-state index contributed by atoms with van der Waals surface area (Å²) in [4.78, 5) is 13.9. The summed E-state index contributed by atoms with van der Waals surface area (Å²) in [5.41, 5.74) is 3.46. The number of hydrogen-bond acceptors (Lipinski definition) is 1. The summed E-state index contributed by atoms with van der Waals surface area (Å²) >= 11 is 0. The molecule has 0 aromatic carbocycles. The fourth-order valence-corrected chi connectivity index (χ4v) is 1.96. The Labute approximate surface area is 70.4 Å². The van der Waals surface area contributed by atoms with Crippen LogP contribution < -0.4 is 0 Å². The molecular formula is C9H11NO2. The van der Waals surface area contributed by atoms with Crippen molar-refractivity contribution < 1.29 is 9.90 Å². The average Bonchev–Trinajstić information content (AvgIpc) is 2.44. The number of carboxylic acids is 1. The van der Waals surface area contributed by atoms with Gasteiger partial charge in [-0.1, -0.05) is 0 Å². The molecule has 0 saturated heterocycles. The van der Waals surface area contributed by atoms with Gasteiger partial charge in [0.15, 0.2) is 0 Å². The van der Waals surface area contributed by atoms with E-state index in [4.69, 9.17) is 5.11 Å². The monoisotopic (exact) mass is 165 g/mol. The molecule has 0 aliphatic heterocycles. The molecule has 1 aromatic rings. The van der Waals surface area contributed by atoms with Crippen molar-refractivity contribution in [1.82, 2.24) is 4.98 Å². The topological polar surface area (TPSA) is 53.1 Å². The van der Waals surface area contributed by atoms with Crippen molar-refractivity contribution in [3.63, 3.8) is 0 Å². The van der Waals surface area contributed by atoms with E-state index in [-0.39, 0.29) is 0 Å². The van der Waals surface area contributed by atoms with Gasteiger partial charge in [-0.25, -0.2) is 4.79 Å². The van der Waals surface area contributed by atoms with E-state index in [2.05, 4.69) is 4.98 Å². The van der Waals surface area contributed by atoms with Gasteiger partial charge >= 0.3 is 5.97 Å². The number of fused-ring (bicyclic) bond motifs is 1. The summed E-state index contributed by atoms with van der Waals surface area (Å²) in [6.07, 6.45) is 3.01. The molecule has 2 rings (SSSR count). The van der Waals surface area contributed by atoms with Crippen LogP contribution in [-0.2, 0) is 12.8 Å². The van der Waals surface area contributed by atoms with Crippen LogP contribution in [0.4, 0.5) is 0 Å². The van der Waals surface area contributed by atoms with E-state index in [1.807, 2.05) is 6.92 Å². The molecule has 0 saturated carbocycles. The molecule has 2 N–H and O–H groups in total. The Hall–Kier alpha value is -1.25. The third-order valence-electron chi connectivity index (χ3n) is 2.45. The molecule has 0 amide bonds. The Kier molecular flexibility index (Phi) is 1.46. The number of carboxylic acid groups (broad SMARTS) is 1. The molecule has 0 unspecified atom stereocenters. The number of aromatic amines is 1. The molecule has 0 atom stereocenters. The minimum Gasteiger partial charge on any atom is -0.478 e. The highest BCUT2D eigenvalue weighted by Crippen LogP contribution is 2.27. The number of nitrogens with one attached hydrogen (secondary N) is 1. The highest BCUT2D eigenvalue weighted by atomic mass is 16.4. The van der Waals surface area contributed by atoms with E-state index < -0.39 is 5.97 Å². The van der Waals surface area contributed by atoms with Gasteiger partial charge in [0.2, 0.25) is 0 Å². The predicted octanol–water partition coefficient (Wildman–Crippen LogP) is 1.51. The molecular weight excluding hydrogens is 154 g/mol. The molecule has 0 bridgehead atoms. The number of aromatic nitrogens is 1. The Morgan fingerprint density at radius 3 is 2.92 bits per heavy atom. The molecule has 64 valence electrons. The highest BCUT2D eigenvalue weighted by Gasteiger charge is 2.23. The molecule has 12 heavy (non-hydrogen) atoms. The van der Waals surface area contributed by atoms with Gasteiger partial charge in [0.25, 0.3) is 0 Å². The fraction of sp³-hybridized carbons (Fsp3) is 0.444. The predicted molar refractivity (Wildman–Crippen MR) is 44.5 cm³/mol. The van der Waals surface area contributed by atoms with Crippen molar-refractivity contribution in [2.75, 3.05) is 0 Å². The summed E-state index contributed by atoms with van der Waals surface area (Å²) in [6.45, 7) is 1.82. The van der Waals surface area contributed by atoms with Crippen molar-refractivity contribution in [3.8, 4) is 0 Å². The summed E-state index contributed by atoms with van der Waals surface area (Å²) < 4.78 is 0. The lowest BCUT2D eigenvalue weighted by atomic mass is 10.1. The number of hydrogen-bond donors (Lipinski definition) is 2. The van der Waals surface area contributed by atoms with Crippen molar-refractivity contribution >= 4 is 5.97 Å². The van der Waals surface area contributed by atoms with Crippen molar-refractivity contribution in [2.45, 2.75) is 26.2 Å². The van der Waals surface area contributed by atoms with Crippen molar-refractivity contribution in [2.24, 2.45) is 0 Å². The molecule has 0 fully saturated rings. The zero-order valence-corrected chi connectivity index (χ0v) is 6.98. The van der Waals surface area contributed by atoms with Crippen molar-refractivity contribution in [1.29, 1.82) is 0 Å². The number of rotatable bonds is 1. The maximum atomic E-state index is 10.8. The van der Waals surface area contributed by atoms with Crippen LogP contribution in [-0.4, -0.2) is 16.1 Å². The zero-order valence-electron chi connectivity index (χ0n) is 6.98. The molecule has 1 heterocycles. The van der Waals surface area contributed by atoms with Crippen LogP contribution in [0.1, 0.15) is 33.7 Å². The summed E-state index contributed by atoms with van der Waals surface area (Å²) in [5, 5.41) is 8.90. The van der Waals surface area contributed by atoms with Gasteiger partial charge in [0, 0.05) is 11.4 Å². The SMILES string of the molecule is Cc1[nH]c2c(c1C(=O)O)CCC2. The first kappa shape index (κ1) is 7.40. The van der Waals surface area contributed by atoms with Crippen molar-refractivity contribution in [3.05, 3.63) is 22.5 Å². The largest absolute Gasteiger partial charge is 0.478 e. The minimum absolute atomic E-state index is 0.502. The van der Waals surface area contributed by atoms with E-state index in [1.54, 1.807) is 0 Å². The van der Waals surface area contributed by atoms with Crippen LogP contribution in [0.15, 0.2) is 0 Å². The smallest absolute Gasteiger partial charge is 0.337 e. The maximum Gasteiger partial charge on any atom is 0.337 e. The second-order valence-corrected chi connectivity index (χ2v) is 3.24. The van der Waals surface area contributed by atoms with Crippen LogP contribution in [0.25, 0.3) is 0 Å². The Bertz CT molecular complexity index is 339. The van der Waals surface area contributed by atoms with Gasteiger partial charge in [0.1, 0.15) is 0 Å². The average molecular weight is 165 g/mol. The Morgan fingerprint density at radius 2 is 2.25 bits per heavy atom. The van der Waals surface area contributed by atoms with E-state index in [0.29, 0.717) is 5.56 Å². The lowest BCUT2D eigenvalue weighted by molar-refractivity contribution is 0.0695. The van der Waals surface area contributed by atoms with Gasteiger partial charge in [-0.05, 0) is 31.7 Å². The molecule has 1 aromatic heterocycles. The van der Waals surface area contributed by atoms with Crippen LogP contribution in [0.2, 0.25) is 0 Å². The number of aryl methyl sites for hydroxylation is 2. The summed E-state index contributed by atoms with van der Waals surface area (Å²) in [6, 6.07) is 0. The Morgan fingerprint density at radius 1 is 1.50 bits per heavy atom. The maximum absolute atomic E-state index is 10.8. The second kappa shape index (κ2) is 2.37. The van der Waals surface area contributed by atoms with Crippen LogP contribution in [0, 0.1) is 6.92 Å². The first-order valence-corrected chi connectivity index (χ1v) is 4.13. The quantitative estimate of drug-likeness (QED) is 0.662. The fourth-order valence-electron chi connectivity index (χ4n) is 1.96. The number of H-pyrrole nitrogens is 1. The van der Waals surface area contributed by atoms with Gasteiger partial charge in [-0.15, -0.1) is 0 Å². The highest BCUT2D eigenvalue weighted by molar-refractivity contribution is 5.91. The third-order valence-corrected chi connectivity index (χ3v) is 2.45. The van der Waals surface area contributed by atoms with Gasteiger partial charge in [-0.3, -0.25) is 0 Å². The first-order chi connectivity index (χ1) is 5.70. The summed E-state index contributed by atoms with van der Waals surface area (Å²) in [5.74, 6) is -0.799. The normalized spacial score (nSPS) is 14.8. The van der Waals surface area contributed by atoms with Gasteiger partial charge in [0.05, 0.1) is 5.56 Å². The number of aromatic carboxylic acids is 1. The van der Waals surface area contributed by atoms with Crippen LogP contribution >= 0.6 is 0 Å². The standard InChI is InChI=1S/C9H11NO2/c1-5-8(9(11)12)6-3-2-4-7(6)10-5/h10H,2-4H2,1H3,(H,11,12). The van der Waals surface area contributed by atoms with E-state index in [0.717, 1.165) is 36.2 Å². The molecule has 1 aliphatic rings. The molecule has 0 spiro atoms. The zero-order chi connectivity index (χ0) is 8.72. The van der Waals surface area contributed by atoms with Gasteiger partial charge in [-0.2, -0.15) is 0 Å². The molecule has 0 radical (unpaired) electrons. The lowest BCUT2D eigenvalue weighted by Gasteiger charge is -1.94. The Balaban J connectivity index is 2.59. The van der Waals surface area contributed by atoms with E-state index in [9.17, 15) is 4.79 Å². The molecule has 1 aliphatic carbocycles. The lowest BCUT2D eigenvalue weighted by Crippen LogP contribution is -2.00. The first-order valence-electron chi connectivity index (χ1n) is 4.13. The third kappa shape index (κ3) is 0.858. The molecule has 3 nitrogen and oxygen atoms in total. The van der Waals surface area contributed by atoms with Gasteiger partial charge < -0.3 is 10.1 Å². The van der Waals surface area contributed by atoms with E-state index in [1.165, 1.54) is 0 Å².